The Morgan fingerprint density at radius 1 is 1.58 bits per heavy atom. The van der Waals surface area contributed by atoms with Crippen molar-refractivity contribution in [2.24, 2.45) is 0 Å². The molecule has 0 spiro atoms. The largest absolute Gasteiger partial charge is 0.480 e. The third-order valence-corrected chi connectivity index (χ3v) is 3.54. The van der Waals surface area contributed by atoms with Crippen molar-refractivity contribution in [3.05, 3.63) is 12.0 Å². The number of H-pyrrole nitrogens is 1. The Morgan fingerprint density at radius 2 is 2.21 bits per heavy atom. The number of aromatic nitrogens is 2. The molecule has 1 aromatic heterocycles. The van der Waals surface area contributed by atoms with Gasteiger partial charge in [-0.05, 0) is 6.92 Å². The van der Waals surface area contributed by atoms with Crippen molar-refractivity contribution in [3.63, 3.8) is 0 Å². The van der Waals surface area contributed by atoms with Crippen LogP contribution in [0, 0.1) is 6.92 Å². The molecule has 0 aliphatic carbocycles. The number of methoxy groups -OCH3 is 1. The summed E-state index contributed by atoms with van der Waals surface area (Å²) in [6, 6.07) is -1.61. The van der Waals surface area contributed by atoms with Gasteiger partial charge in [0.2, 0.25) is 0 Å². The number of nitrogens with zero attached hydrogens (tertiary/aromatic N) is 1. The van der Waals surface area contributed by atoms with Gasteiger partial charge in [-0.1, -0.05) is 0 Å². The molecule has 0 aliphatic heterocycles. The molecule has 9 nitrogen and oxygen atoms in total. The average molecular weight is 291 g/mol. The van der Waals surface area contributed by atoms with Crippen molar-refractivity contribution >= 4 is 22.0 Å². The van der Waals surface area contributed by atoms with E-state index in [1.54, 1.807) is 6.92 Å². The second-order valence-electron chi connectivity index (χ2n) is 3.63. The third kappa shape index (κ3) is 4.03. The van der Waals surface area contributed by atoms with Gasteiger partial charge in [0.15, 0.2) is 5.03 Å². The van der Waals surface area contributed by atoms with Gasteiger partial charge in [0.1, 0.15) is 11.9 Å². The van der Waals surface area contributed by atoms with Crippen LogP contribution in [-0.4, -0.2) is 48.6 Å². The highest BCUT2D eigenvalue weighted by atomic mass is 32.2. The zero-order valence-corrected chi connectivity index (χ0v) is 11.0. The van der Waals surface area contributed by atoms with Crippen LogP contribution in [0.1, 0.15) is 12.2 Å². The van der Waals surface area contributed by atoms with Crippen LogP contribution in [0.15, 0.2) is 11.2 Å². The van der Waals surface area contributed by atoms with Gasteiger partial charge in [-0.3, -0.25) is 9.59 Å². The van der Waals surface area contributed by atoms with Crippen molar-refractivity contribution in [1.29, 1.82) is 0 Å². The molecule has 1 heterocycles. The first-order chi connectivity index (χ1) is 8.76. The molecule has 0 amide bonds. The van der Waals surface area contributed by atoms with Gasteiger partial charge in [0, 0.05) is 0 Å². The minimum Gasteiger partial charge on any atom is -0.480 e. The van der Waals surface area contributed by atoms with Crippen molar-refractivity contribution in [1.82, 2.24) is 14.7 Å². The Hall–Kier alpha value is -1.94. The van der Waals surface area contributed by atoms with Crippen LogP contribution in [-0.2, 0) is 24.3 Å². The number of imidazole rings is 1. The molecule has 0 bridgehead atoms. The Balaban J connectivity index is 2.90. The predicted molar refractivity (Wildman–Crippen MR) is 61.7 cm³/mol. The monoisotopic (exact) mass is 291 g/mol. The number of aryl methyl sites for hydroxylation is 1. The number of carbonyl (C=O) groups is 2. The van der Waals surface area contributed by atoms with Crippen molar-refractivity contribution < 1.29 is 27.9 Å². The molecule has 3 N–H and O–H groups in total. The van der Waals surface area contributed by atoms with E-state index in [9.17, 15) is 18.0 Å². The first kappa shape index (κ1) is 15.1. The highest BCUT2D eigenvalue weighted by molar-refractivity contribution is 7.89. The van der Waals surface area contributed by atoms with Crippen molar-refractivity contribution in [3.8, 4) is 0 Å². The number of aliphatic carboxylic acids is 1. The van der Waals surface area contributed by atoms with Crippen LogP contribution in [0.4, 0.5) is 0 Å². The molecule has 1 rings (SSSR count). The van der Waals surface area contributed by atoms with E-state index in [1.807, 2.05) is 4.72 Å². The minimum atomic E-state index is -4.09. The molecule has 0 saturated carbocycles. The summed E-state index contributed by atoms with van der Waals surface area (Å²) >= 11 is 0. The molecule has 1 atom stereocenters. The maximum Gasteiger partial charge on any atom is 0.322 e. The number of esters is 1. The number of hydrogen-bond acceptors (Lipinski definition) is 6. The maximum absolute atomic E-state index is 11.8. The van der Waals surface area contributed by atoms with Crippen LogP contribution in [0.25, 0.3) is 0 Å². The van der Waals surface area contributed by atoms with E-state index in [4.69, 9.17) is 5.11 Å². The number of hydrogen-bond donors (Lipinski definition) is 3. The van der Waals surface area contributed by atoms with Gasteiger partial charge in [-0.25, -0.2) is 13.4 Å². The molecular weight excluding hydrogens is 278 g/mol. The van der Waals surface area contributed by atoms with Crippen LogP contribution >= 0.6 is 0 Å². The molecule has 106 valence electrons. The fourth-order valence-electron chi connectivity index (χ4n) is 1.22. The van der Waals surface area contributed by atoms with Crippen LogP contribution in [0.2, 0.25) is 0 Å². The van der Waals surface area contributed by atoms with E-state index in [2.05, 4.69) is 14.7 Å². The number of sulfonamides is 1. The molecule has 0 radical (unpaired) electrons. The lowest BCUT2D eigenvalue weighted by molar-refractivity contribution is -0.147. The second-order valence-corrected chi connectivity index (χ2v) is 5.31. The summed E-state index contributed by atoms with van der Waals surface area (Å²) in [5, 5.41) is 8.60. The predicted octanol–water partition coefficient (Wildman–Crippen LogP) is -0.987. The lowest BCUT2D eigenvalue weighted by atomic mass is 10.2. The van der Waals surface area contributed by atoms with Gasteiger partial charge in [-0.2, -0.15) is 4.72 Å². The first-order valence-electron chi connectivity index (χ1n) is 5.10. The summed E-state index contributed by atoms with van der Waals surface area (Å²) in [6.07, 6.45) is 0.437. The third-order valence-electron chi connectivity index (χ3n) is 2.16. The van der Waals surface area contributed by atoms with Gasteiger partial charge in [-0.15, -0.1) is 0 Å². The van der Waals surface area contributed by atoms with Gasteiger partial charge in [0.25, 0.3) is 10.0 Å². The van der Waals surface area contributed by atoms with Crippen LogP contribution in [0.5, 0.6) is 0 Å². The zero-order chi connectivity index (χ0) is 14.6. The van der Waals surface area contributed by atoms with Crippen LogP contribution in [0.3, 0.4) is 0 Å². The molecular formula is C9H13N3O6S. The Morgan fingerprint density at radius 3 is 2.63 bits per heavy atom. The number of aromatic amines is 1. The number of carboxylic acid groups (broad SMARTS) is 1. The van der Waals surface area contributed by atoms with E-state index in [1.165, 1.54) is 0 Å². The minimum absolute atomic E-state index is 0.277. The summed E-state index contributed by atoms with van der Waals surface area (Å²) in [5.74, 6) is -1.96. The molecule has 0 aliphatic rings. The number of nitrogens with one attached hydrogen (secondary N) is 2. The molecule has 19 heavy (non-hydrogen) atoms. The van der Waals surface area contributed by atoms with Crippen molar-refractivity contribution in [2.45, 2.75) is 24.4 Å². The quantitative estimate of drug-likeness (QED) is 0.572. The molecule has 0 fully saturated rings. The van der Waals surface area contributed by atoms with Gasteiger partial charge >= 0.3 is 11.9 Å². The fraction of sp³-hybridized carbons (Fsp3) is 0.444. The lowest BCUT2D eigenvalue weighted by Crippen LogP contribution is -2.42. The summed E-state index contributed by atoms with van der Waals surface area (Å²) in [7, 11) is -3.02. The molecule has 0 saturated heterocycles. The van der Waals surface area contributed by atoms with E-state index in [0.29, 0.717) is 5.82 Å². The van der Waals surface area contributed by atoms with E-state index in [0.717, 1.165) is 13.3 Å². The maximum atomic E-state index is 11.8. The van der Waals surface area contributed by atoms with Gasteiger partial charge in [0.05, 0.1) is 19.7 Å². The van der Waals surface area contributed by atoms with Gasteiger partial charge < -0.3 is 14.8 Å². The topological polar surface area (TPSA) is 138 Å². The standard InChI is InChI=1S/C9H13N3O6S/c1-5-10-4-7(11-5)19(16,17)12-6(9(14)15)3-8(13)18-2/h4,6,12H,3H2,1-2H3,(H,10,11)(H,14,15)/t6-/m0/s1. The number of carboxylic acids is 1. The number of rotatable bonds is 6. The fourth-order valence-corrected chi connectivity index (χ4v) is 2.37. The summed E-state index contributed by atoms with van der Waals surface area (Å²) in [6.45, 7) is 1.54. The normalized spacial score (nSPS) is 12.9. The first-order valence-corrected chi connectivity index (χ1v) is 6.58. The van der Waals surface area contributed by atoms with Crippen molar-refractivity contribution in [2.75, 3.05) is 7.11 Å². The Bertz CT molecular complexity index is 579. The molecule has 1 aromatic rings. The molecule has 0 aromatic carbocycles. The van der Waals surface area contributed by atoms with E-state index >= 15 is 0 Å². The SMILES string of the molecule is COC(=O)C[C@H](NS(=O)(=O)c1cnc(C)[nH]1)C(=O)O. The second kappa shape index (κ2) is 5.80. The number of ether oxygens (including phenoxy) is 1. The highest BCUT2D eigenvalue weighted by Crippen LogP contribution is 2.07. The smallest absolute Gasteiger partial charge is 0.322 e. The van der Waals surface area contributed by atoms with E-state index < -0.39 is 34.4 Å². The lowest BCUT2D eigenvalue weighted by Gasteiger charge is -2.12. The Kier molecular flexibility index (Phi) is 4.62. The number of carbonyl (C=O) groups excluding carboxylic acids is 1. The summed E-state index contributed by atoms with van der Waals surface area (Å²) < 4.78 is 29.9. The highest BCUT2D eigenvalue weighted by Gasteiger charge is 2.28. The van der Waals surface area contributed by atoms with Crippen LogP contribution < -0.4 is 4.72 Å². The summed E-state index contributed by atoms with van der Waals surface area (Å²) in [5.41, 5.74) is 0. The zero-order valence-electron chi connectivity index (χ0n) is 10.2. The Labute approximate surface area is 109 Å². The molecule has 0 unspecified atom stereocenters. The van der Waals surface area contributed by atoms with E-state index in [-0.39, 0.29) is 5.03 Å². The summed E-state index contributed by atoms with van der Waals surface area (Å²) in [4.78, 5) is 28.1. The average Bonchev–Trinajstić information content (AvgIpc) is 2.75. The molecule has 10 heteroatoms.